The van der Waals surface area contributed by atoms with Gasteiger partial charge in [-0.1, -0.05) is 33.3 Å². The summed E-state index contributed by atoms with van der Waals surface area (Å²) in [5, 5.41) is 0. The molecule has 1 saturated heterocycles. The highest BCUT2D eigenvalue weighted by atomic mass is 16.7. The van der Waals surface area contributed by atoms with Crippen molar-refractivity contribution in [1.82, 2.24) is 0 Å². The molecule has 18 heavy (non-hydrogen) atoms. The summed E-state index contributed by atoms with van der Waals surface area (Å²) in [6.45, 7) is 8.17. The Morgan fingerprint density at radius 1 is 1.28 bits per heavy atom. The standard InChI is InChI=1S/C16H26O2/c1-15(2)8-5-9-16(3)12(15)7-6-11-10-18-14(17-4)13(11)16/h6,12-14H,5,7-10H2,1-4H3/t12?,13-,14-,16+/m1/s1. The predicted molar refractivity (Wildman–Crippen MR) is 72.2 cm³/mol. The number of hydrogen-bond donors (Lipinski definition) is 0. The van der Waals surface area contributed by atoms with Crippen LogP contribution in [0.15, 0.2) is 11.6 Å². The highest BCUT2D eigenvalue weighted by Gasteiger charge is 2.56. The van der Waals surface area contributed by atoms with Crippen LogP contribution in [0.1, 0.15) is 46.5 Å². The number of ether oxygens (including phenoxy) is 2. The zero-order valence-corrected chi connectivity index (χ0v) is 12.2. The summed E-state index contributed by atoms with van der Waals surface area (Å²) in [5.41, 5.74) is 2.32. The lowest BCUT2D eigenvalue weighted by Crippen LogP contribution is -2.50. The van der Waals surface area contributed by atoms with Gasteiger partial charge in [-0.05, 0) is 41.6 Å². The summed E-state index contributed by atoms with van der Waals surface area (Å²) in [5.74, 6) is 1.26. The normalized spacial score (nSPS) is 46.2. The first kappa shape index (κ1) is 12.7. The number of allylic oxidation sites excluding steroid dienone is 1. The summed E-state index contributed by atoms with van der Waals surface area (Å²) in [4.78, 5) is 0. The average molecular weight is 250 g/mol. The molecule has 0 aromatic rings. The predicted octanol–water partition coefficient (Wildman–Crippen LogP) is 3.77. The van der Waals surface area contributed by atoms with Gasteiger partial charge in [-0.15, -0.1) is 0 Å². The van der Waals surface area contributed by atoms with Crippen LogP contribution in [0.3, 0.4) is 0 Å². The van der Waals surface area contributed by atoms with Gasteiger partial charge >= 0.3 is 0 Å². The molecule has 0 amide bonds. The molecule has 1 aliphatic heterocycles. The van der Waals surface area contributed by atoms with Crippen LogP contribution < -0.4 is 0 Å². The summed E-state index contributed by atoms with van der Waals surface area (Å²) >= 11 is 0. The summed E-state index contributed by atoms with van der Waals surface area (Å²) in [6, 6.07) is 0. The SMILES string of the molecule is CO[C@@H]1OCC2=CCC3C(C)(C)CCC[C@]3(C)[C@H]21. The summed E-state index contributed by atoms with van der Waals surface area (Å²) in [7, 11) is 1.79. The maximum atomic E-state index is 5.84. The van der Waals surface area contributed by atoms with Crippen LogP contribution in [-0.2, 0) is 9.47 Å². The van der Waals surface area contributed by atoms with E-state index in [1.807, 2.05) is 0 Å². The van der Waals surface area contributed by atoms with Crippen molar-refractivity contribution >= 4 is 0 Å². The Bertz CT molecular complexity index is 371. The lowest BCUT2D eigenvalue weighted by molar-refractivity contribution is -0.156. The number of methoxy groups -OCH3 is 1. The Balaban J connectivity index is 2.01. The van der Waals surface area contributed by atoms with Crippen LogP contribution in [0.4, 0.5) is 0 Å². The van der Waals surface area contributed by atoms with Gasteiger partial charge in [0, 0.05) is 13.0 Å². The van der Waals surface area contributed by atoms with Crippen LogP contribution in [0, 0.1) is 22.7 Å². The number of hydrogen-bond acceptors (Lipinski definition) is 2. The Morgan fingerprint density at radius 2 is 2.06 bits per heavy atom. The second-order valence-electron chi connectivity index (χ2n) is 7.31. The van der Waals surface area contributed by atoms with Gasteiger partial charge in [0.2, 0.25) is 0 Å². The molecule has 1 heterocycles. The molecule has 0 N–H and O–H groups in total. The van der Waals surface area contributed by atoms with Crippen molar-refractivity contribution in [3.63, 3.8) is 0 Å². The fraction of sp³-hybridized carbons (Fsp3) is 0.875. The van der Waals surface area contributed by atoms with E-state index in [0.717, 1.165) is 12.5 Å². The van der Waals surface area contributed by atoms with Gasteiger partial charge in [0.15, 0.2) is 6.29 Å². The molecule has 0 bridgehead atoms. The van der Waals surface area contributed by atoms with E-state index >= 15 is 0 Å². The maximum Gasteiger partial charge on any atom is 0.164 e. The third-order valence-corrected chi connectivity index (χ3v) is 5.92. The van der Waals surface area contributed by atoms with Crippen molar-refractivity contribution in [2.45, 2.75) is 52.7 Å². The van der Waals surface area contributed by atoms with Crippen LogP contribution in [0.25, 0.3) is 0 Å². The van der Waals surface area contributed by atoms with E-state index in [2.05, 4.69) is 26.8 Å². The highest BCUT2D eigenvalue weighted by Crippen LogP contribution is 2.61. The Kier molecular flexibility index (Phi) is 2.87. The minimum absolute atomic E-state index is 0.0158. The molecule has 2 nitrogen and oxygen atoms in total. The fourth-order valence-corrected chi connectivity index (χ4v) is 5.06. The lowest BCUT2D eigenvalue weighted by atomic mass is 9.49. The molecular weight excluding hydrogens is 224 g/mol. The van der Waals surface area contributed by atoms with Crippen LogP contribution in [0.2, 0.25) is 0 Å². The third-order valence-electron chi connectivity index (χ3n) is 5.92. The first-order chi connectivity index (χ1) is 8.49. The van der Waals surface area contributed by atoms with E-state index in [4.69, 9.17) is 9.47 Å². The van der Waals surface area contributed by atoms with Crippen molar-refractivity contribution in [2.75, 3.05) is 13.7 Å². The molecule has 102 valence electrons. The molecule has 1 unspecified atom stereocenters. The van der Waals surface area contributed by atoms with E-state index < -0.39 is 0 Å². The Morgan fingerprint density at radius 3 is 2.78 bits per heavy atom. The Labute approximate surface area is 111 Å². The average Bonchev–Trinajstić information content (AvgIpc) is 2.72. The van der Waals surface area contributed by atoms with Crippen LogP contribution in [-0.4, -0.2) is 20.0 Å². The van der Waals surface area contributed by atoms with Gasteiger partial charge in [-0.2, -0.15) is 0 Å². The fourth-order valence-electron chi connectivity index (χ4n) is 5.06. The van der Waals surface area contributed by atoms with E-state index in [9.17, 15) is 0 Å². The minimum Gasteiger partial charge on any atom is -0.355 e. The number of rotatable bonds is 1. The lowest BCUT2D eigenvalue weighted by Gasteiger charge is -2.56. The molecule has 1 saturated carbocycles. The van der Waals surface area contributed by atoms with Crippen molar-refractivity contribution in [2.24, 2.45) is 22.7 Å². The van der Waals surface area contributed by atoms with Crippen LogP contribution in [0.5, 0.6) is 0 Å². The summed E-state index contributed by atoms with van der Waals surface area (Å²) < 4.78 is 11.4. The van der Waals surface area contributed by atoms with Gasteiger partial charge in [0.1, 0.15) is 0 Å². The van der Waals surface area contributed by atoms with E-state index in [1.165, 1.54) is 31.3 Å². The van der Waals surface area contributed by atoms with Crippen molar-refractivity contribution in [1.29, 1.82) is 0 Å². The van der Waals surface area contributed by atoms with Crippen molar-refractivity contribution in [3.8, 4) is 0 Å². The first-order valence-electron chi connectivity index (χ1n) is 7.32. The molecule has 2 fully saturated rings. The zero-order chi connectivity index (χ0) is 13.0. The maximum absolute atomic E-state index is 5.84. The molecule has 0 aromatic heterocycles. The van der Waals surface area contributed by atoms with E-state index in [1.54, 1.807) is 7.11 Å². The van der Waals surface area contributed by atoms with Crippen LogP contribution >= 0.6 is 0 Å². The van der Waals surface area contributed by atoms with Gasteiger partial charge in [-0.3, -0.25) is 0 Å². The highest BCUT2D eigenvalue weighted by molar-refractivity contribution is 5.23. The molecule has 0 aromatic carbocycles. The molecule has 0 radical (unpaired) electrons. The third kappa shape index (κ3) is 1.61. The van der Waals surface area contributed by atoms with Gasteiger partial charge in [0.05, 0.1) is 6.61 Å². The molecule has 2 aliphatic carbocycles. The van der Waals surface area contributed by atoms with Crippen molar-refractivity contribution in [3.05, 3.63) is 11.6 Å². The molecule has 2 heteroatoms. The van der Waals surface area contributed by atoms with E-state index in [-0.39, 0.29) is 6.29 Å². The van der Waals surface area contributed by atoms with Gasteiger partial charge < -0.3 is 9.47 Å². The Hall–Kier alpha value is -0.340. The molecular formula is C16H26O2. The molecule has 3 aliphatic rings. The molecule has 4 atom stereocenters. The summed E-state index contributed by atoms with van der Waals surface area (Å²) in [6.07, 6.45) is 7.70. The largest absolute Gasteiger partial charge is 0.355 e. The second-order valence-corrected chi connectivity index (χ2v) is 7.31. The zero-order valence-electron chi connectivity index (χ0n) is 12.2. The number of fused-ring (bicyclic) bond motifs is 3. The second kappa shape index (κ2) is 4.08. The quantitative estimate of drug-likeness (QED) is 0.660. The first-order valence-corrected chi connectivity index (χ1v) is 7.32. The van der Waals surface area contributed by atoms with Crippen molar-refractivity contribution < 1.29 is 9.47 Å². The monoisotopic (exact) mass is 250 g/mol. The topological polar surface area (TPSA) is 18.5 Å². The minimum atomic E-state index is -0.0158. The smallest absolute Gasteiger partial charge is 0.164 e. The van der Waals surface area contributed by atoms with E-state index in [0.29, 0.717) is 16.7 Å². The molecule has 0 spiro atoms. The van der Waals surface area contributed by atoms with Gasteiger partial charge in [0.25, 0.3) is 0 Å². The molecule has 3 rings (SSSR count). The van der Waals surface area contributed by atoms with Gasteiger partial charge in [-0.25, -0.2) is 0 Å².